The molecule has 7 heteroatoms. The quantitative estimate of drug-likeness (QED) is 0.806. The Morgan fingerprint density at radius 3 is 2.84 bits per heavy atom. The smallest absolute Gasteiger partial charge is 0.309 e. The molecule has 0 aromatic carbocycles. The lowest BCUT2D eigenvalue weighted by molar-refractivity contribution is -0.136. The number of thiazole rings is 2. The van der Waals surface area contributed by atoms with E-state index in [2.05, 4.69) is 9.97 Å². The van der Waals surface area contributed by atoms with Gasteiger partial charge in [0.25, 0.3) is 0 Å². The Bertz CT molecular complexity index is 769. The third-order valence-corrected chi connectivity index (χ3v) is 4.54. The van der Waals surface area contributed by atoms with Crippen LogP contribution in [0, 0.1) is 13.8 Å². The number of carboxylic acids is 1. The zero-order valence-corrected chi connectivity index (χ0v) is 12.0. The summed E-state index contributed by atoms with van der Waals surface area (Å²) >= 11 is 3.09. The van der Waals surface area contributed by atoms with Crippen LogP contribution in [0.2, 0.25) is 0 Å². The number of rotatable bonds is 3. The van der Waals surface area contributed by atoms with Crippen molar-refractivity contribution < 1.29 is 9.90 Å². The van der Waals surface area contributed by atoms with Crippen molar-refractivity contribution in [3.05, 3.63) is 27.2 Å². The van der Waals surface area contributed by atoms with Crippen LogP contribution in [0.5, 0.6) is 0 Å². The van der Waals surface area contributed by atoms with Gasteiger partial charge in [-0.15, -0.1) is 22.7 Å². The van der Waals surface area contributed by atoms with Gasteiger partial charge >= 0.3 is 5.97 Å². The van der Waals surface area contributed by atoms with Crippen molar-refractivity contribution in [2.24, 2.45) is 0 Å². The van der Waals surface area contributed by atoms with Gasteiger partial charge in [-0.05, 0) is 13.8 Å². The summed E-state index contributed by atoms with van der Waals surface area (Å²) in [5.41, 5.74) is 2.44. The molecule has 0 saturated carbocycles. The van der Waals surface area contributed by atoms with Crippen LogP contribution in [-0.2, 0) is 11.2 Å². The highest BCUT2D eigenvalue weighted by Crippen LogP contribution is 2.28. The van der Waals surface area contributed by atoms with E-state index in [9.17, 15) is 4.79 Å². The lowest BCUT2D eigenvalue weighted by Crippen LogP contribution is -2.02. The summed E-state index contributed by atoms with van der Waals surface area (Å²) in [6, 6.07) is 0. The van der Waals surface area contributed by atoms with Gasteiger partial charge in [0.1, 0.15) is 11.4 Å². The summed E-state index contributed by atoms with van der Waals surface area (Å²) in [4.78, 5) is 21.7. The van der Waals surface area contributed by atoms with Gasteiger partial charge in [0.2, 0.25) is 0 Å². The standard InChI is InChI=1S/C12H11N3O2S2/c1-6-11(13-7(2)19-6)9-4-15-8(3-10(16)17)5-18-12(15)14-9/h4-5H,3H2,1-2H3,(H,16,17). The molecule has 0 atom stereocenters. The van der Waals surface area contributed by atoms with E-state index in [0.29, 0.717) is 0 Å². The van der Waals surface area contributed by atoms with Crippen molar-refractivity contribution >= 4 is 33.6 Å². The highest BCUT2D eigenvalue weighted by atomic mass is 32.1. The van der Waals surface area contributed by atoms with Crippen LogP contribution in [0.15, 0.2) is 11.6 Å². The minimum Gasteiger partial charge on any atom is -0.481 e. The number of aliphatic carboxylic acids is 1. The van der Waals surface area contributed by atoms with Gasteiger partial charge < -0.3 is 5.11 Å². The lowest BCUT2D eigenvalue weighted by atomic mass is 10.3. The molecule has 0 aliphatic carbocycles. The molecular weight excluding hydrogens is 282 g/mol. The van der Waals surface area contributed by atoms with Crippen molar-refractivity contribution in [3.8, 4) is 11.4 Å². The Balaban J connectivity index is 2.09. The van der Waals surface area contributed by atoms with Crippen molar-refractivity contribution in [1.82, 2.24) is 14.4 Å². The Morgan fingerprint density at radius 2 is 2.21 bits per heavy atom. The molecule has 0 aliphatic heterocycles. The van der Waals surface area contributed by atoms with E-state index >= 15 is 0 Å². The van der Waals surface area contributed by atoms with Gasteiger partial charge in [0.05, 0.1) is 11.4 Å². The number of imidazole rings is 1. The second-order valence-corrected chi connectivity index (χ2v) is 6.46. The second kappa shape index (κ2) is 4.43. The van der Waals surface area contributed by atoms with Gasteiger partial charge in [-0.25, -0.2) is 9.97 Å². The van der Waals surface area contributed by atoms with Crippen LogP contribution in [0.1, 0.15) is 15.6 Å². The minimum atomic E-state index is -0.837. The van der Waals surface area contributed by atoms with Gasteiger partial charge in [0, 0.05) is 22.1 Å². The van der Waals surface area contributed by atoms with E-state index < -0.39 is 5.97 Å². The minimum absolute atomic E-state index is 0.00484. The van der Waals surface area contributed by atoms with E-state index in [1.165, 1.54) is 11.3 Å². The molecule has 5 nitrogen and oxygen atoms in total. The van der Waals surface area contributed by atoms with Gasteiger partial charge in [-0.1, -0.05) is 0 Å². The van der Waals surface area contributed by atoms with Gasteiger partial charge in [-0.3, -0.25) is 9.20 Å². The molecule has 0 amide bonds. The topological polar surface area (TPSA) is 67.5 Å². The molecule has 1 N–H and O–H groups in total. The normalized spacial score (nSPS) is 11.3. The maximum absolute atomic E-state index is 10.8. The average Bonchev–Trinajstić information content (AvgIpc) is 2.94. The summed E-state index contributed by atoms with van der Waals surface area (Å²) in [5, 5.41) is 11.7. The first-order chi connectivity index (χ1) is 9.04. The summed E-state index contributed by atoms with van der Waals surface area (Å²) < 4.78 is 1.84. The third kappa shape index (κ3) is 2.15. The number of aromatic nitrogens is 3. The van der Waals surface area contributed by atoms with Crippen LogP contribution in [0.4, 0.5) is 0 Å². The van der Waals surface area contributed by atoms with Crippen LogP contribution in [0.3, 0.4) is 0 Å². The van der Waals surface area contributed by atoms with Crippen LogP contribution < -0.4 is 0 Å². The predicted molar refractivity (Wildman–Crippen MR) is 75.0 cm³/mol. The van der Waals surface area contributed by atoms with Crippen LogP contribution >= 0.6 is 22.7 Å². The summed E-state index contributed by atoms with van der Waals surface area (Å²) in [7, 11) is 0. The van der Waals surface area contributed by atoms with Gasteiger partial charge in [0.15, 0.2) is 4.96 Å². The Labute approximate surface area is 117 Å². The number of fused-ring (bicyclic) bond motifs is 1. The molecular formula is C12H11N3O2S2. The summed E-state index contributed by atoms with van der Waals surface area (Å²) in [5.74, 6) is -0.837. The largest absolute Gasteiger partial charge is 0.481 e. The number of nitrogens with zero attached hydrogens (tertiary/aromatic N) is 3. The lowest BCUT2D eigenvalue weighted by Gasteiger charge is -1.93. The summed E-state index contributed by atoms with van der Waals surface area (Å²) in [6.45, 7) is 3.99. The fourth-order valence-corrected chi connectivity index (χ4v) is 3.69. The highest BCUT2D eigenvalue weighted by Gasteiger charge is 2.15. The first-order valence-corrected chi connectivity index (χ1v) is 7.36. The maximum Gasteiger partial charge on any atom is 0.309 e. The van der Waals surface area contributed by atoms with E-state index in [1.807, 2.05) is 29.8 Å². The van der Waals surface area contributed by atoms with Crippen molar-refractivity contribution in [2.45, 2.75) is 20.3 Å². The van der Waals surface area contributed by atoms with E-state index in [1.54, 1.807) is 11.3 Å². The van der Waals surface area contributed by atoms with Gasteiger partial charge in [-0.2, -0.15) is 0 Å². The molecule has 3 rings (SSSR count). The molecule has 0 saturated heterocycles. The number of hydrogen-bond acceptors (Lipinski definition) is 5. The monoisotopic (exact) mass is 293 g/mol. The van der Waals surface area contributed by atoms with E-state index in [0.717, 1.165) is 31.9 Å². The third-order valence-electron chi connectivity index (χ3n) is 2.76. The summed E-state index contributed by atoms with van der Waals surface area (Å²) in [6.07, 6.45) is 1.87. The molecule has 0 fully saturated rings. The Morgan fingerprint density at radius 1 is 1.42 bits per heavy atom. The van der Waals surface area contributed by atoms with E-state index in [4.69, 9.17) is 5.11 Å². The number of carboxylic acid groups (broad SMARTS) is 1. The zero-order valence-electron chi connectivity index (χ0n) is 10.4. The SMILES string of the molecule is Cc1nc(-c2cn3c(CC(=O)O)csc3n2)c(C)s1. The fourth-order valence-electron chi connectivity index (χ4n) is 1.99. The number of aryl methyl sites for hydroxylation is 2. The van der Waals surface area contributed by atoms with Crippen LogP contribution in [0.25, 0.3) is 16.3 Å². The zero-order chi connectivity index (χ0) is 13.6. The molecule has 98 valence electrons. The number of hydrogen-bond donors (Lipinski definition) is 1. The molecule has 3 aromatic heterocycles. The van der Waals surface area contributed by atoms with Crippen molar-refractivity contribution in [2.75, 3.05) is 0 Å². The molecule has 0 radical (unpaired) electrons. The second-order valence-electron chi connectivity index (χ2n) is 4.21. The molecule has 0 bridgehead atoms. The molecule has 19 heavy (non-hydrogen) atoms. The Kier molecular flexibility index (Phi) is 2.87. The molecule has 0 unspecified atom stereocenters. The van der Waals surface area contributed by atoms with E-state index in [-0.39, 0.29) is 6.42 Å². The van der Waals surface area contributed by atoms with Crippen molar-refractivity contribution in [3.63, 3.8) is 0 Å². The Hall–Kier alpha value is -1.73. The first kappa shape index (κ1) is 12.3. The fraction of sp³-hybridized carbons (Fsp3) is 0.250. The maximum atomic E-state index is 10.8. The predicted octanol–water partition coefficient (Wildman–Crippen LogP) is 2.76. The van der Waals surface area contributed by atoms with Crippen LogP contribution in [-0.4, -0.2) is 25.4 Å². The van der Waals surface area contributed by atoms with Crippen molar-refractivity contribution in [1.29, 1.82) is 0 Å². The molecule has 3 heterocycles. The first-order valence-electron chi connectivity index (χ1n) is 5.66. The average molecular weight is 293 g/mol. The molecule has 3 aromatic rings. The number of carbonyl (C=O) groups is 1. The molecule has 0 spiro atoms. The highest BCUT2D eigenvalue weighted by molar-refractivity contribution is 7.15. The molecule has 0 aliphatic rings.